The van der Waals surface area contributed by atoms with Crippen LogP contribution in [0.1, 0.15) is 4.88 Å². The summed E-state index contributed by atoms with van der Waals surface area (Å²) >= 11 is 1.73. The molecule has 4 heteroatoms. The van der Waals surface area contributed by atoms with Gasteiger partial charge in [0.15, 0.2) is 0 Å². The summed E-state index contributed by atoms with van der Waals surface area (Å²) in [5, 5.41) is 1.17. The van der Waals surface area contributed by atoms with E-state index in [1.807, 2.05) is 24.0 Å². The molecule has 3 aromatic heterocycles. The fraction of sp³-hybridized carbons (Fsp3) is 0.154. The molecule has 0 spiro atoms. The van der Waals surface area contributed by atoms with Crippen LogP contribution in [0.4, 0.5) is 0 Å². The van der Waals surface area contributed by atoms with Crippen LogP contribution in [0.5, 0.6) is 0 Å². The van der Waals surface area contributed by atoms with Gasteiger partial charge < -0.3 is 10.3 Å². The Balaban J connectivity index is 2.11. The van der Waals surface area contributed by atoms with Gasteiger partial charge in [-0.2, -0.15) is 0 Å². The average molecular weight is 243 g/mol. The number of hydrogen-bond acceptors (Lipinski definition) is 3. The van der Waals surface area contributed by atoms with Gasteiger partial charge in [0.2, 0.25) is 0 Å². The van der Waals surface area contributed by atoms with E-state index >= 15 is 0 Å². The summed E-state index contributed by atoms with van der Waals surface area (Å²) in [6.07, 6.45) is 3.95. The zero-order valence-corrected chi connectivity index (χ0v) is 10.4. The van der Waals surface area contributed by atoms with Crippen LogP contribution >= 0.6 is 11.3 Å². The van der Waals surface area contributed by atoms with Crippen molar-refractivity contribution in [1.29, 1.82) is 0 Å². The number of hydrogen-bond donors (Lipinski definition) is 1. The first-order valence-electron chi connectivity index (χ1n) is 5.48. The molecular weight excluding hydrogens is 230 g/mol. The summed E-state index contributed by atoms with van der Waals surface area (Å²) < 4.78 is 2.03. The Labute approximate surface area is 104 Å². The minimum Gasteiger partial charge on any atom is -0.336 e. The van der Waals surface area contributed by atoms with E-state index in [-0.39, 0.29) is 0 Å². The van der Waals surface area contributed by atoms with Crippen LogP contribution in [-0.4, -0.2) is 9.55 Å². The van der Waals surface area contributed by atoms with Crippen molar-refractivity contribution in [2.24, 2.45) is 12.8 Å². The molecule has 0 amide bonds. The molecule has 0 radical (unpaired) electrons. The van der Waals surface area contributed by atoms with E-state index in [4.69, 9.17) is 5.73 Å². The van der Waals surface area contributed by atoms with Crippen LogP contribution in [0.15, 0.2) is 36.7 Å². The van der Waals surface area contributed by atoms with Crippen molar-refractivity contribution >= 4 is 22.4 Å². The lowest BCUT2D eigenvalue weighted by molar-refractivity contribution is 0.949. The van der Waals surface area contributed by atoms with Gasteiger partial charge in [0.25, 0.3) is 0 Å². The Bertz CT molecular complexity index is 666. The second kappa shape index (κ2) is 3.98. The quantitative estimate of drug-likeness (QED) is 0.752. The average Bonchev–Trinajstić information content (AvgIpc) is 2.96. The van der Waals surface area contributed by atoms with Crippen molar-refractivity contribution in [3.63, 3.8) is 0 Å². The van der Waals surface area contributed by atoms with Crippen molar-refractivity contribution in [2.45, 2.75) is 6.54 Å². The molecule has 0 saturated carbocycles. The molecule has 17 heavy (non-hydrogen) atoms. The predicted octanol–water partition coefficient (Wildman–Crippen LogP) is 2.76. The van der Waals surface area contributed by atoms with Crippen LogP contribution in [0.25, 0.3) is 21.5 Å². The number of aryl methyl sites for hydroxylation is 1. The third kappa shape index (κ3) is 1.75. The molecule has 0 atom stereocenters. The SMILES string of the molecule is Cn1ccc2cc(-c3ccc(CN)s3)cnc21. The fourth-order valence-corrected chi connectivity index (χ4v) is 2.80. The highest BCUT2D eigenvalue weighted by Gasteiger charge is 2.05. The van der Waals surface area contributed by atoms with Gasteiger partial charge >= 0.3 is 0 Å². The van der Waals surface area contributed by atoms with Gasteiger partial charge in [-0.15, -0.1) is 11.3 Å². The van der Waals surface area contributed by atoms with E-state index in [9.17, 15) is 0 Å². The molecule has 0 aromatic carbocycles. The van der Waals surface area contributed by atoms with Gasteiger partial charge in [0.05, 0.1) is 0 Å². The number of thiophene rings is 1. The molecule has 3 heterocycles. The number of nitrogens with zero attached hydrogens (tertiary/aromatic N) is 2. The first-order chi connectivity index (χ1) is 8.28. The standard InChI is InChI=1S/C13H13N3S/c1-16-5-4-9-6-10(8-15-13(9)16)12-3-2-11(7-14)17-12/h2-6,8H,7,14H2,1H3. The summed E-state index contributed by atoms with van der Waals surface area (Å²) in [5.74, 6) is 0. The number of fused-ring (bicyclic) bond motifs is 1. The maximum Gasteiger partial charge on any atom is 0.139 e. The molecular formula is C13H13N3S. The largest absolute Gasteiger partial charge is 0.336 e. The molecule has 0 aliphatic carbocycles. The van der Waals surface area contributed by atoms with E-state index in [0.717, 1.165) is 11.2 Å². The van der Waals surface area contributed by atoms with Crippen LogP contribution in [0, 0.1) is 0 Å². The summed E-state index contributed by atoms with van der Waals surface area (Å²) in [4.78, 5) is 6.92. The molecule has 3 aromatic rings. The van der Waals surface area contributed by atoms with Crippen molar-refractivity contribution < 1.29 is 0 Å². The monoisotopic (exact) mass is 243 g/mol. The summed E-state index contributed by atoms with van der Waals surface area (Å²) in [6, 6.07) is 8.45. The Morgan fingerprint density at radius 2 is 2.24 bits per heavy atom. The highest BCUT2D eigenvalue weighted by molar-refractivity contribution is 7.15. The fourth-order valence-electron chi connectivity index (χ4n) is 1.93. The molecule has 86 valence electrons. The summed E-state index contributed by atoms with van der Waals surface area (Å²) in [7, 11) is 2.01. The van der Waals surface area contributed by atoms with Gasteiger partial charge in [-0.3, -0.25) is 0 Å². The third-order valence-corrected chi connectivity index (χ3v) is 4.01. The maximum atomic E-state index is 5.63. The number of pyridine rings is 1. The zero-order valence-electron chi connectivity index (χ0n) is 9.55. The van der Waals surface area contributed by atoms with Crippen molar-refractivity contribution in [2.75, 3.05) is 0 Å². The Hall–Kier alpha value is -1.65. The number of aromatic nitrogens is 2. The molecule has 3 rings (SSSR count). The molecule has 0 saturated heterocycles. The van der Waals surface area contributed by atoms with Crippen molar-refractivity contribution in [1.82, 2.24) is 9.55 Å². The minimum absolute atomic E-state index is 0.603. The highest BCUT2D eigenvalue weighted by atomic mass is 32.1. The Kier molecular flexibility index (Phi) is 2.46. The smallest absolute Gasteiger partial charge is 0.139 e. The predicted molar refractivity (Wildman–Crippen MR) is 71.9 cm³/mol. The van der Waals surface area contributed by atoms with Gasteiger partial charge in [-0.05, 0) is 24.3 Å². The third-order valence-electron chi connectivity index (χ3n) is 2.85. The molecule has 3 nitrogen and oxygen atoms in total. The van der Waals surface area contributed by atoms with Crippen molar-refractivity contribution in [3.8, 4) is 10.4 Å². The Morgan fingerprint density at radius 3 is 3.00 bits per heavy atom. The van der Waals surface area contributed by atoms with E-state index in [1.165, 1.54) is 15.1 Å². The number of rotatable bonds is 2. The first-order valence-corrected chi connectivity index (χ1v) is 6.30. The number of nitrogens with two attached hydrogens (primary N) is 1. The zero-order chi connectivity index (χ0) is 11.8. The summed E-state index contributed by atoms with van der Waals surface area (Å²) in [6.45, 7) is 0.603. The molecule has 0 bridgehead atoms. The molecule has 0 unspecified atom stereocenters. The van der Waals surface area contributed by atoms with E-state index in [1.54, 1.807) is 11.3 Å². The minimum atomic E-state index is 0.603. The van der Waals surface area contributed by atoms with Gasteiger partial charge in [0, 0.05) is 46.7 Å². The van der Waals surface area contributed by atoms with E-state index in [0.29, 0.717) is 6.54 Å². The van der Waals surface area contributed by atoms with Gasteiger partial charge in [0.1, 0.15) is 5.65 Å². The topological polar surface area (TPSA) is 43.8 Å². The highest BCUT2D eigenvalue weighted by Crippen LogP contribution is 2.29. The molecule has 0 fully saturated rings. The molecule has 0 aliphatic heterocycles. The lowest BCUT2D eigenvalue weighted by atomic mass is 10.2. The van der Waals surface area contributed by atoms with Gasteiger partial charge in [-0.1, -0.05) is 0 Å². The second-order valence-electron chi connectivity index (χ2n) is 4.03. The summed E-state index contributed by atoms with van der Waals surface area (Å²) in [5.41, 5.74) is 7.81. The molecule has 2 N–H and O–H groups in total. The second-order valence-corrected chi connectivity index (χ2v) is 5.20. The van der Waals surface area contributed by atoms with E-state index < -0.39 is 0 Å². The maximum absolute atomic E-state index is 5.63. The first kappa shape index (κ1) is 10.5. The van der Waals surface area contributed by atoms with Crippen LogP contribution in [0.3, 0.4) is 0 Å². The van der Waals surface area contributed by atoms with Crippen LogP contribution in [0.2, 0.25) is 0 Å². The van der Waals surface area contributed by atoms with Crippen LogP contribution < -0.4 is 5.73 Å². The van der Waals surface area contributed by atoms with Gasteiger partial charge in [-0.25, -0.2) is 4.98 Å². The lowest BCUT2D eigenvalue weighted by Gasteiger charge is -1.99. The lowest BCUT2D eigenvalue weighted by Crippen LogP contribution is -1.91. The Morgan fingerprint density at radius 1 is 1.35 bits per heavy atom. The van der Waals surface area contributed by atoms with E-state index in [2.05, 4.69) is 29.2 Å². The normalized spacial score (nSPS) is 11.2. The van der Waals surface area contributed by atoms with Crippen molar-refractivity contribution in [3.05, 3.63) is 41.5 Å². The van der Waals surface area contributed by atoms with Crippen LogP contribution in [-0.2, 0) is 13.6 Å². The molecule has 0 aliphatic rings.